The number of hydrogen-bond donors (Lipinski definition) is 2. The second-order valence-electron chi connectivity index (χ2n) is 18.3. The Labute approximate surface area is 394 Å². The van der Waals surface area contributed by atoms with Gasteiger partial charge in [0.25, 0.3) is 11.5 Å². The summed E-state index contributed by atoms with van der Waals surface area (Å²) in [6.45, 7) is 11.9. The summed E-state index contributed by atoms with van der Waals surface area (Å²) in [5.74, 6) is 2.37. The molecular weight excluding hydrogens is 894 g/mol. The lowest BCUT2D eigenvalue weighted by Gasteiger charge is -2.63. The van der Waals surface area contributed by atoms with E-state index < -0.39 is 20.7 Å². The van der Waals surface area contributed by atoms with E-state index in [0.717, 1.165) is 18.4 Å². The summed E-state index contributed by atoms with van der Waals surface area (Å²) < 4.78 is 51.7. The molecule has 2 N–H and O–H groups in total. The summed E-state index contributed by atoms with van der Waals surface area (Å²) in [6, 6.07) is 21.3. The van der Waals surface area contributed by atoms with Crippen molar-refractivity contribution in [2.24, 2.45) is 17.9 Å². The molecule has 17 heteroatoms. The molecule has 0 spiro atoms. The van der Waals surface area contributed by atoms with Gasteiger partial charge in [-0.05, 0) is 60.9 Å². The summed E-state index contributed by atoms with van der Waals surface area (Å²) >= 11 is 6.25. The molecule has 1 aliphatic heterocycles. The van der Waals surface area contributed by atoms with E-state index in [-0.39, 0.29) is 41.2 Å². The first-order valence-electron chi connectivity index (χ1n) is 22.2. The Kier molecular flexibility index (Phi) is 13.4. The standard InChI is InChI=1S/C50H54ClN7O8S/c1-7-67(61,62)30-31-11-14-42(39(23-31)40-29-57(6)45(60)43-38(40)15-18-53-43)65-36-10-8-9-35(24-36)64-22-21-63-34-16-19-58(20-17-34)48-54-27-33(28-55-48)44(59)56-46-49(2,3)47(50(46,4)5)66-37-13-12-32(26-52)41(51)25-37/h8-15,18,23-25,27-29,34,46-47,53H,7,16-17,19-22,30H2,1-6H3,(H,56,59)/t46-,47-. The number of nitriles is 1. The fourth-order valence-corrected chi connectivity index (χ4v) is 10.7. The number of amides is 1. The van der Waals surface area contributed by atoms with Crippen LogP contribution >= 0.6 is 11.6 Å². The lowest BCUT2D eigenvalue weighted by Crippen LogP contribution is -2.74. The van der Waals surface area contributed by atoms with E-state index in [1.54, 1.807) is 75.2 Å². The van der Waals surface area contributed by atoms with Crippen LogP contribution in [-0.2, 0) is 27.4 Å². The summed E-state index contributed by atoms with van der Waals surface area (Å²) in [5.41, 5.74) is 2.18. The number of rotatable bonds is 16. The quantitative estimate of drug-likeness (QED) is 0.0885. The minimum Gasteiger partial charge on any atom is -0.491 e. The highest BCUT2D eigenvalue weighted by Crippen LogP contribution is 2.55. The highest BCUT2D eigenvalue weighted by atomic mass is 35.5. The number of carbonyl (C=O) groups is 1. The van der Waals surface area contributed by atoms with Crippen LogP contribution in [0.2, 0.25) is 5.02 Å². The van der Waals surface area contributed by atoms with Crippen molar-refractivity contribution in [1.29, 1.82) is 5.26 Å². The van der Waals surface area contributed by atoms with Crippen LogP contribution in [0.3, 0.4) is 0 Å². The number of benzene rings is 3. The molecule has 67 heavy (non-hydrogen) atoms. The zero-order valence-corrected chi connectivity index (χ0v) is 39.9. The number of H-pyrrole nitrogens is 1. The summed E-state index contributed by atoms with van der Waals surface area (Å²) in [4.78, 5) is 40.5. The zero-order valence-electron chi connectivity index (χ0n) is 38.3. The fourth-order valence-electron chi connectivity index (χ4n) is 9.57. The van der Waals surface area contributed by atoms with Crippen LogP contribution in [0.25, 0.3) is 22.0 Å². The maximum Gasteiger partial charge on any atom is 0.274 e. The Hall–Kier alpha value is -6.41. The van der Waals surface area contributed by atoms with E-state index in [0.29, 0.717) is 93.4 Å². The molecule has 4 heterocycles. The second-order valence-corrected chi connectivity index (χ2v) is 21.0. The second kappa shape index (κ2) is 19.1. The fraction of sp³-hybridized carbons (Fsp3) is 0.380. The van der Waals surface area contributed by atoms with E-state index in [4.69, 9.17) is 30.5 Å². The maximum absolute atomic E-state index is 13.4. The van der Waals surface area contributed by atoms with Gasteiger partial charge in [0.1, 0.15) is 47.3 Å². The normalized spacial score (nSPS) is 17.9. The average Bonchev–Trinajstić information content (AvgIpc) is 3.81. The van der Waals surface area contributed by atoms with Crippen molar-refractivity contribution in [3.8, 4) is 40.2 Å². The predicted molar refractivity (Wildman–Crippen MR) is 257 cm³/mol. The van der Waals surface area contributed by atoms with E-state index >= 15 is 0 Å². The van der Waals surface area contributed by atoms with Gasteiger partial charge in [-0.2, -0.15) is 5.26 Å². The number of carbonyl (C=O) groups excluding carboxylic acids is 1. The van der Waals surface area contributed by atoms with Gasteiger partial charge in [0.2, 0.25) is 5.95 Å². The molecule has 1 amide bonds. The number of aryl methyl sites for hydroxylation is 1. The molecule has 1 saturated carbocycles. The minimum atomic E-state index is -3.30. The Morgan fingerprint density at radius 1 is 0.955 bits per heavy atom. The molecule has 2 aliphatic rings. The first-order chi connectivity index (χ1) is 32.0. The van der Waals surface area contributed by atoms with Gasteiger partial charge in [-0.15, -0.1) is 0 Å². The molecule has 0 radical (unpaired) electrons. The maximum atomic E-state index is 13.4. The van der Waals surface area contributed by atoms with Crippen molar-refractivity contribution in [3.05, 3.63) is 124 Å². The van der Waals surface area contributed by atoms with Crippen molar-refractivity contribution >= 4 is 44.2 Å². The first-order valence-corrected chi connectivity index (χ1v) is 24.4. The number of nitrogens with zero attached hydrogens (tertiary/aromatic N) is 5. The highest BCUT2D eigenvalue weighted by Gasteiger charge is 2.64. The van der Waals surface area contributed by atoms with Crippen LogP contribution in [0.1, 0.15) is 68.9 Å². The molecule has 2 fully saturated rings. The van der Waals surface area contributed by atoms with Gasteiger partial charge in [-0.25, -0.2) is 18.4 Å². The molecule has 3 aromatic carbocycles. The largest absolute Gasteiger partial charge is 0.491 e. The Balaban J connectivity index is 0.816. The van der Waals surface area contributed by atoms with Crippen LogP contribution in [-0.4, -0.2) is 84.1 Å². The molecule has 8 rings (SSSR count). The monoisotopic (exact) mass is 947 g/mol. The molecule has 1 saturated heterocycles. The van der Waals surface area contributed by atoms with Crippen molar-refractivity contribution in [2.45, 2.75) is 71.5 Å². The number of piperidine rings is 1. The number of ether oxygens (including phenoxy) is 4. The van der Waals surface area contributed by atoms with Gasteiger partial charge in [0.15, 0.2) is 9.84 Å². The molecule has 0 unspecified atom stereocenters. The van der Waals surface area contributed by atoms with Crippen LogP contribution < -0.4 is 30.0 Å². The number of sulfone groups is 1. The molecule has 0 atom stereocenters. The van der Waals surface area contributed by atoms with Crippen molar-refractivity contribution in [3.63, 3.8) is 0 Å². The predicted octanol–water partition coefficient (Wildman–Crippen LogP) is 8.25. The molecule has 6 aromatic rings. The van der Waals surface area contributed by atoms with Gasteiger partial charge in [-0.1, -0.05) is 58.4 Å². The van der Waals surface area contributed by atoms with E-state index in [1.165, 1.54) is 4.57 Å². The van der Waals surface area contributed by atoms with E-state index in [2.05, 4.69) is 58.9 Å². The topological polar surface area (TPSA) is 191 Å². The van der Waals surface area contributed by atoms with Crippen LogP contribution in [0.15, 0.2) is 96.3 Å². The van der Waals surface area contributed by atoms with Crippen molar-refractivity contribution in [2.75, 3.05) is 37.0 Å². The molecular formula is C50H54ClN7O8S. The third-order valence-corrected chi connectivity index (χ3v) is 14.8. The Morgan fingerprint density at radius 2 is 1.69 bits per heavy atom. The number of anilines is 1. The van der Waals surface area contributed by atoms with Gasteiger partial charge in [0.05, 0.1) is 34.6 Å². The van der Waals surface area contributed by atoms with Crippen molar-refractivity contribution < 1.29 is 32.2 Å². The van der Waals surface area contributed by atoms with Gasteiger partial charge >= 0.3 is 0 Å². The molecule has 15 nitrogen and oxygen atoms in total. The lowest BCUT2D eigenvalue weighted by atomic mass is 9.49. The van der Waals surface area contributed by atoms with Crippen LogP contribution in [0, 0.1) is 22.2 Å². The van der Waals surface area contributed by atoms with Gasteiger partial charge in [0, 0.05) is 96.2 Å². The summed E-state index contributed by atoms with van der Waals surface area (Å²) in [5, 5.41) is 13.5. The first kappa shape index (κ1) is 47.1. The van der Waals surface area contributed by atoms with E-state index in [9.17, 15) is 23.3 Å². The third-order valence-electron chi connectivity index (χ3n) is 12.8. The number of nitrogens with one attached hydrogen (secondary N) is 2. The Bertz CT molecular complexity index is 2990. The molecule has 1 aliphatic carbocycles. The molecule has 0 bridgehead atoms. The number of aromatic nitrogens is 4. The van der Waals surface area contributed by atoms with Gasteiger partial charge < -0.3 is 38.7 Å². The number of hydrogen-bond acceptors (Lipinski definition) is 12. The smallest absolute Gasteiger partial charge is 0.274 e. The lowest BCUT2D eigenvalue weighted by molar-refractivity contribution is -0.164. The third kappa shape index (κ3) is 10.00. The summed E-state index contributed by atoms with van der Waals surface area (Å²) in [6.07, 6.45) is 7.93. The van der Waals surface area contributed by atoms with Crippen LogP contribution in [0.4, 0.5) is 5.95 Å². The summed E-state index contributed by atoms with van der Waals surface area (Å²) in [7, 11) is -1.63. The highest BCUT2D eigenvalue weighted by molar-refractivity contribution is 7.90. The number of aromatic amines is 1. The minimum absolute atomic E-state index is 0.0221. The molecule has 350 valence electrons. The number of pyridine rings is 1. The average molecular weight is 949 g/mol. The molecule has 3 aromatic heterocycles. The SMILES string of the molecule is CCS(=O)(=O)Cc1ccc(Oc2cccc(OCCOC3CCN(c4ncc(C(=O)N[C@H]5C(C)(C)[C@H](Oc6ccc(C#N)c(Cl)c6)C5(C)C)cn4)CC3)c2)c(-c2cn(C)c(=O)c3[nH]ccc23)c1. The Morgan fingerprint density at radius 3 is 2.39 bits per heavy atom. The van der Waals surface area contributed by atoms with E-state index in [1.807, 2.05) is 30.3 Å². The van der Waals surface area contributed by atoms with Crippen LogP contribution in [0.5, 0.6) is 23.0 Å². The van der Waals surface area contributed by atoms with Gasteiger partial charge in [-0.3, -0.25) is 9.59 Å². The van der Waals surface area contributed by atoms with Crippen molar-refractivity contribution in [1.82, 2.24) is 24.8 Å². The zero-order chi connectivity index (χ0) is 47.7. The number of halogens is 1. The number of fused-ring (bicyclic) bond motifs is 1.